The van der Waals surface area contributed by atoms with Crippen LogP contribution in [0.3, 0.4) is 0 Å². The summed E-state index contributed by atoms with van der Waals surface area (Å²) in [5.41, 5.74) is 0.659. The van der Waals surface area contributed by atoms with Crippen molar-refractivity contribution in [3.8, 4) is 21.9 Å². The number of amides is 1. The summed E-state index contributed by atoms with van der Waals surface area (Å²) in [5, 5.41) is 13.9. The van der Waals surface area contributed by atoms with Crippen LogP contribution in [0.25, 0.3) is 10.4 Å². The monoisotopic (exact) mass is 485 g/mol. The molecule has 0 saturated heterocycles. The molecule has 0 fully saturated rings. The zero-order valence-corrected chi connectivity index (χ0v) is 18.7. The Kier molecular flexibility index (Phi) is 6.77. The fraction of sp³-hybridized carbons (Fsp3) is 0.100. The lowest BCUT2D eigenvalue weighted by Crippen LogP contribution is -2.15. The summed E-state index contributed by atoms with van der Waals surface area (Å²) in [5.74, 6) is -1.15. The molecule has 0 atom stereocenters. The highest BCUT2D eigenvalue weighted by Crippen LogP contribution is 2.41. The highest BCUT2D eigenvalue weighted by molar-refractivity contribution is 7.14. The van der Waals surface area contributed by atoms with Crippen LogP contribution in [0, 0.1) is 0 Å². The first-order chi connectivity index (χ1) is 14.3. The summed E-state index contributed by atoms with van der Waals surface area (Å²) in [7, 11) is 2.89. The van der Waals surface area contributed by atoms with Crippen molar-refractivity contribution in [2.75, 3.05) is 19.5 Å². The lowest BCUT2D eigenvalue weighted by Gasteiger charge is -2.13. The van der Waals surface area contributed by atoms with E-state index in [9.17, 15) is 14.7 Å². The first-order valence-electron chi connectivity index (χ1n) is 8.30. The van der Waals surface area contributed by atoms with E-state index >= 15 is 0 Å². The molecule has 1 aromatic heterocycles. The molecule has 0 unspecified atom stereocenters. The van der Waals surface area contributed by atoms with Gasteiger partial charge in [0.05, 0.1) is 45.4 Å². The number of anilines is 1. The number of halogens is 3. The molecule has 0 aliphatic heterocycles. The Hall–Kier alpha value is -2.45. The van der Waals surface area contributed by atoms with Gasteiger partial charge in [-0.15, -0.1) is 11.3 Å². The van der Waals surface area contributed by atoms with Crippen molar-refractivity contribution in [1.29, 1.82) is 0 Å². The van der Waals surface area contributed by atoms with E-state index in [2.05, 4.69) is 5.32 Å². The van der Waals surface area contributed by atoms with Gasteiger partial charge in [0.25, 0.3) is 5.91 Å². The number of nitrogens with one attached hydrogen (secondary N) is 1. The largest absolute Gasteiger partial charge is 0.497 e. The fourth-order valence-electron chi connectivity index (χ4n) is 2.77. The average Bonchev–Trinajstić information content (AvgIpc) is 3.11. The molecular weight excluding hydrogens is 473 g/mol. The molecule has 2 N–H and O–H groups in total. The van der Waals surface area contributed by atoms with Gasteiger partial charge in [0.2, 0.25) is 0 Å². The Balaban J connectivity index is 2.01. The van der Waals surface area contributed by atoms with Crippen molar-refractivity contribution >= 4 is 63.7 Å². The number of carbonyl (C=O) groups is 2. The van der Waals surface area contributed by atoms with E-state index in [-0.39, 0.29) is 37.6 Å². The van der Waals surface area contributed by atoms with Crippen molar-refractivity contribution in [2.45, 2.75) is 0 Å². The van der Waals surface area contributed by atoms with Crippen molar-refractivity contribution < 1.29 is 24.2 Å². The SMILES string of the molecule is COc1ccc(-c2scc(NC(=O)c3c(Cl)cc(Cl)c(OC)c3Cl)c2C(=O)O)cc1. The quantitative estimate of drug-likeness (QED) is 0.424. The number of carboxylic acid groups (broad SMARTS) is 1. The Labute approximate surface area is 190 Å². The number of methoxy groups -OCH3 is 2. The molecule has 2 aromatic carbocycles. The molecule has 0 saturated carbocycles. The molecule has 0 aliphatic rings. The smallest absolute Gasteiger partial charge is 0.339 e. The maximum absolute atomic E-state index is 12.9. The van der Waals surface area contributed by atoms with Gasteiger partial charge in [-0.2, -0.15) is 0 Å². The van der Waals surface area contributed by atoms with Gasteiger partial charge < -0.3 is 19.9 Å². The van der Waals surface area contributed by atoms with Crippen molar-refractivity contribution in [3.05, 3.63) is 61.9 Å². The molecule has 0 bridgehead atoms. The highest BCUT2D eigenvalue weighted by Gasteiger charge is 2.25. The van der Waals surface area contributed by atoms with Crippen molar-refractivity contribution in [3.63, 3.8) is 0 Å². The van der Waals surface area contributed by atoms with Crippen LogP contribution in [0.1, 0.15) is 20.7 Å². The number of ether oxygens (including phenoxy) is 2. The Morgan fingerprint density at radius 1 is 1.00 bits per heavy atom. The van der Waals surface area contributed by atoms with E-state index in [0.29, 0.717) is 16.2 Å². The second kappa shape index (κ2) is 9.14. The molecule has 1 heterocycles. The Morgan fingerprint density at radius 2 is 1.67 bits per heavy atom. The number of carboxylic acids is 1. The molecule has 1 amide bonds. The van der Waals surface area contributed by atoms with Crippen LogP contribution in [0.4, 0.5) is 5.69 Å². The predicted molar refractivity (Wildman–Crippen MR) is 119 cm³/mol. The highest BCUT2D eigenvalue weighted by atomic mass is 35.5. The maximum atomic E-state index is 12.9. The topological polar surface area (TPSA) is 84.9 Å². The standard InChI is InChI=1S/C20H14Cl3NO5S/c1-28-10-5-3-9(4-6-10)18-15(20(26)27)13(8-30-18)24-19(25)14-11(21)7-12(22)17(29-2)16(14)23/h3-8H,1-2H3,(H,24,25)(H,26,27). The van der Waals surface area contributed by atoms with Gasteiger partial charge in [0.1, 0.15) is 11.3 Å². The van der Waals surface area contributed by atoms with Gasteiger partial charge in [-0.1, -0.05) is 34.8 Å². The first-order valence-corrected chi connectivity index (χ1v) is 10.3. The van der Waals surface area contributed by atoms with Crippen molar-refractivity contribution in [1.82, 2.24) is 0 Å². The summed E-state index contributed by atoms with van der Waals surface area (Å²) >= 11 is 19.6. The van der Waals surface area contributed by atoms with E-state index in [1.165, 1.54) is 29.9 Å². The predicted octanol–water partition coefficient (Wildman–Crippen LogP) is 6.34. The van der Waals surface area contributed by atoms with Crippen LogP contribution in [0.15, 0.2) is 35.7 Å². The van der Waals surface area contributed by atoms with E-state index in [1.807, 2.05) is 0 Å². The molecule has 0 spiro atoms. The number of carbonyl (C=O) groups excluding carboxylic acids is 1. The average molecular weight is 487 g/mol. The van der Waals surface area contributed by atoms with Crippen LogP contribution in [-0.2, 0) is 0 Å². The van der Waals surface area contributed by atoms with E-state index in [4.69, 9.17) is 44.3 Å². The van der Waals surface area contributed by atoms with Crippen molar-refractivity contribution in [2.24, 2.45) is 0 Å². The van der Waals surface area contributed by atoms with Crippen LogP contribution in [-0.4, -0.2) is 31.2 Å². The van der Waals surface area contributed by atoms with E-state index in [1.54, 1.807) is 31.4 Å². The molecule has 6 nitrogen and oxygen atoms in total. The molecule has 30 heavy (non-hydrogen) atoms. The van der Waals surface area contributed by atoms with Gasteiger partial charge in [-0.25, -0.2) is 4.79 Å². The molecule has 10 heteroatoms. The van der Waals surface area contributed by atoms with Crippen LogP contribution >= 0.6 is 46.1 Å². The van der Waals surface area contributed by atoms with E-state index < -0.39 is 11.9 Å². The molecule has 0 radical (unpaired) electrons. The minimum Gasteiger partial charge on any atom is -0.497 e. The summed E-state index contributed by atoms with van der Waals surface area (Å²) in [6, 6.07) is 8.25. The third-order valence-corrected chi connectivity index (χ3v) is 6.13. The van der Waals surface area contributed by atoms with Crippen LogP contribution in [0.5, 0.6) is 11.5 Å². The molecule has 3 rings (SSSR count). The van der Waals surface area contributed by atoms with Crippen LogP contribution < -0.4 is 14.8 Å². The number of hydrogen-bond donors (Lipinski definition) is 2. The van der Waals surface area contributed by atoms with Gasteiger partial charge in [0, 0.05) is 5.38 Å². The summed E-state index contributed by atoms with van der Waals surface area (Å²) < 4.78 is 10.2. The Bertz CT molecular complexity index is 1130. The second-order valence-corrected chi connectivity index (χ2v) is 7.98. The normalized spacial score (nSPS) is 10.6. The molecule has 3 aromatic rings. The van der Waals surface area contributed by atoms with Crippen LogP contribution in [0.2, 0.25) is 15.1 Å². The fourth-order valence-corrected chi connectivity index (χ4v) is 4.86. The lowest BCUT2D eigenvalue weighted by molar-refractivity contribution is 0.0699. The maximum Gasteiger partial charge on any atom is 0.339 e. The zero-order chi connectivity index (χ0) is 22.0. The minimum absolute atomic E-state index is 0.00535. The van der Waals surface area contributed by atoms with Gasteiger partial charge in [0.15, 0.2) is 5.75 Å². The second-order valence-electron chi connectivity index (χ2n) is 5.90. The number of rotatable bonds is 6. The third-order valence-electron chi connectivity index (χ3n) is 4.16. The first kappa shape index (κ1) is 22.2. The molecule has 0 aliphatic carbocycles. The summed E-state index contributed by atoms with van der Waals surface area (Å²) in [4.78, 5) is 25.3. The molecular formula is C20H14Cl3NO5S. The third kappa shape index (κ3) is 4.20. The van der Waals surface area contributed by atoms with Gasteiger partial charge in [-0.3, -0.25) is 4.79 Å². The van der Waals surface area contributed by atoms with Gasteiger partial charge in [-0.05, 0) is 35.9 Å². The van der Waals surface area contributed by atoms with Gasteiger partial charge >= 0.3 is 5.97 Å². The number of thiophene rings is 1. The number of hydrogen-bond acceptors (Lipinski definition) is 5. The summed E-state index contributed by atoms with van der Waals surface area (Å²) in [6.07, 6.45) is 0. The zero-order valence-electron chi connectivity index (χ0n) is 15.6. The Morgan fingerprint density at radius 3 is 2.23 bits per heavy atom. The van der Waals surface area contributed by atoms with E-state index in [0.717, 1.165) is 0 Å². The number of benzene rings is 2. The molecule has 156 valence electrons. The number of aromatic carboxylic acids is 1. The summed E-state index contributed by atoms with van der Waals surface area (Å²) in [6.45, 7) is 0. The minimum atomic E-state index is -1.19. The lowest BCUT2D eigenvalue weighted by atomic mass is 10.1.